The van der Waals surface area contributed by atoms with Crippen molar-refractivity contribution in [3.63, 3.8) is 0 Å². The van der Waals surface area contributed by atoms with Crippen LogP contribution in [0.15, 0.2) is 0 Å². The summed E-state index contributed by atoms with van der Waals surface area (Å²) in [7, 11) is 0. The lowest BCUT2D eigenvalue weighted by Crippen LogP contribution is -2.63. The molecule has 4 aliphatic rings. The van der Waals surface area contributed by atoms with Gasteiger partial charge >= 0.3 is 0 Å². The molecule has 0 bridgehead atoms. The first kappa shape index (κ1) is 29.8. The number of amides is 2. The van der Waals surface area contributed by atoms with Gasteiger partial charge in [-0.1, -0.05) is 41.0 Å². The molecule has 8 heteroatoms. The number of piperidine rings is 2. The molecule has 0 aliphatic carbocycles. The molecule has 0 unspecified atom stereocenters. The first-order valence-corrected chi connectivity index (χ1v) is 15.5. The van der Waals surface area contributed by atoms with Crippen LogP contribution in [0.5, 0.6) is 0 Å². The average Bonchev–Trinajstić information content (AvgIpc) is 2.90. The van der Waals surface area contributed by atoms with Crippen molar-refractivity contribution >= 4 is 11.8 Å². The van der Waals surface area contributed by atoms with Gasteiger partial charge in [0.2, 0.25) is 11.8 Å². The molecule has 4 rings (SSSR count). The largest absolute Gasteiger partial charge is 0.349 e. The number of likely N-dealkylation sites (tertiary alicyclic amines) is 2. The first-order valence-electron chi connectivity index (χ1n) is 15.5. The lowest BCUT2D eigenvalue weighted by Gasteiger charge is -2.47. The maximum atomic E-state index is 13.8. The van der Waals surface area contributed by atoms with E-state index in [4.69, 9.17) is 9.47 Å². The summed E-state index contributed by atoms with van der Waals surface area (Å²) in [6, 6.07) is -0.575. The monoisotopic (exact) mass is 534 g/mol. The number of nitrogens with zero attached hydrogens (tertiary/aromatic N) is 3. The van der Waals surface area contributed by atoms with Crippen LogP contribution in [0, 0.1) is 23.7 Å². The summed E-state index contributed by atoms with van der Waals surface area (Å²) in [5, 5.41) is 3.38. The summed E-state index contributed by atoms with van der Waals surface area (Å²) in [5.41, 5.74) is 0. The Morgan fingerprint density at radius 1 is 0.974 bits per heavy atom. The number of hydrogen-bond donors (Lipinski definition) is 1. The summed E-state index contributed by atoms with van der Waals surface area (Å²) in [5.74, 6) is 1.71. The van der Waals surface area contributed by atoms with Gasteiger partial charge in [0.1, 0.15) is 6.04 Å². The van der Waals surface area contributed by atoms with E-state index in [1.54, 1.807) is 0 Å². The molecule has 4 aliphatic heterocycles. The minimum absolute atomic E-state index is 0.0846. The zero-order valence-corrected chi connectivity index (χ0v) is 24.8. The van der Waals surface area contributed by atoms with E-state index in [0.717, 1.165) is 38.6 Å². The molecule has 0 radical (unpaired) electrons. The van der Waals surface area contributed by atoms with Crippen molar-refractivity contribution < 1.29 is 19.1 Å². The first-order chi connectivity index (χ1) is 18.2. The van der Waals surface area contributed by atoms with Gasteiger partial charge in [0.05, 0.1) is 19.3 Å². The molecule has 2 amide bonds. The minimum atomic E-state index is -0.552. The smallest absolute Gasteiger partial charge is 0.245 e. The van der Waals surface area contributed by atoms with Gasteiger partial charge in [-0.3, -0.25) is 9.59 Å². The van der Waals surface area contributed by atoms with Crippen LogP contribution in [0.4, 0.5) is 0 Å². The maximum absolute atomic E-state index is 13.8. The summed E-state index contributed by atoms with van der Waals surface area (Å²) in [6.45, 7) is 18.4. The van der Waals surface area contributed by atoms with Crippen LogP contribution >= 0.6 is 0 Å². The Morgan fingerprint density at radius 2 is 1.63 bits per heavy atom. The Kier molecular flexibility index (Phi) is 10.5. The Morgan fingerprint density at radius 3 is 2.21 bits per heavy atom. The molecule has 1 N–H and O–H groups in total. The molecule has 4 fully saturated rings. The van der Waals surface area contributed by atoms with E-state index >= 15 is 0 Å². The zero-order valence-electron chi connectivity index (χ0n) is 24.8. The zero-order chi connectivity index (χ0) is 27.3. The van der Waals surface area contributed by atoms with Crippen molar-refractivity contribution in [2.75, 3.05) is 59.0 Å². The Balaban J connectivity index is 1.28. The predicted molar refractivity (Wildman–Crippen MR) is 150 cm³/mol. The molecule has 1 spiro atoms. The van der Waals surface area contributed by atoms with Crippen molar-refractivity contribution in [2.24, 2.45) is 23.7 Å². The molecule has 0 aromatic carbocycles. The van der Waals surface area contributed by atoms with E-state index in [-0.39, 0.29) is 23.9 Å². The third-order valence-corrected chi connectivity index (χ3v) is 9.19. The second-order valence-electron chi connectivity index (χ2n) is 13.2. The van der Waals surface area contributed by atoms with Gasteiger partial charge in [-0.05, 0) is 56.5 Å². The van der Waals surface area contributed by atoms with Gasteiger partial charge in [-0.25, -0.2) is 0 Å². The second kappa shape index (κ2) is 13.4. The molecule has 2 atom stereocenters. The van der Waals surface area contributed by atoms with Crippen LogP contribution in [0.1, 0.15) is 79.6 Å². The van der Waals surface area contributed by atoms with Crippen LogP contribution in [-0.2, 0) is 19.1 Å². The van der Waals surface area contributed by atoms with Gasteiger partial charge in [-0.15, -0.1) is 0 Å². The fourth-order valence-electron chi connectivity index (χ4n) is 6.77. The molecule has 4 heterocycles. The summed E-state index contributed by atoms with van der Waals surface area (Å²) >= 11 is 0. The predicted octanol–water partition coefficient (Wildman–Crippen LogP) is 3.35. The highest BCUT2D eigenvalue weighted by atomic mass is 16.7. The molecule has 0 aromatic rings. The molecule has 38 heavy (non-hydrogen) atoms. The SMILES string of the molecule is CCC1CCN(CC2COC3(CCN(C(=O)[C@H](CC(C)C)N4CCN[C@@H](CC(C)C)C4=O)CC3)OC2)CC1. The number of piperazine rings is 1. The highest BCUT2D eigenvalue weighted by Crippen LogP contribution is 2.34. The summed E-state index contributed by atoms with van der Waals surface area (Å²) < 4.78 is 12.8. The number of carbonyl (C=O) groups excluding carboxylic acids is 2. The lowest BCUT2D eigenvalue weighted by atomic mass is 9.93. The van der Waals surface area contributed by atoms with Crippen molar-refractivity contribution in [1.29, 1.82) is 0 Å². The number of rotatable bonds is 9. The van der Waals surface area contributed by atoms with Gasteiger partial charge in [-0.2, -0.15) is 0 Å². The number of carbonyl (C=O) groups is 2. The number of ether oxygens (including phenoxy) is 2. The third-order valence-electron chi connectivity index (χ3n) is 9.19. The van der Waals surface area contributed by atoms with Crippen molar-refractivity contribution in [1.82, 2.24) is 20.0 Å². The van der Waals surface area contributed by atoms with Crippen LogP contribution in [0.3, 0.4) is 0 Å². The van der Waals surface area contributed by atoms with E-state index < -0.39 is 5.79 Å². The highest BCUT2D eigenvalue weighted by molar-refractivity contribution is 5.90. The molecule has 4 saturated heterocycles. The van der Waals surface area contributed by atoms with Crippen LogP contribution < -0.4 is 5.32 Å². The van der Waals surface area contributed by atoms with Gasteiger partial charge < -0.3 is 29.5 Å². The third kappa shape index (κ3) is 7.49. The van der Waals surface area contributed by atoms with Crippen LogP contribution in [0.25, 0.3) is 0 Å². The minimum Gasteiger partial charge on any atom is -0.349 e. The normalized spacial score (nSPS) is 27.0. The summed E-state index contributed by atoms with van der Waals surface area (Å²) in [4.78, 5) is 33.6. The van der Waals surface area contributed by atoms with Crippen LogP contribution in [0.2, 0.25) is 0 Å². The van der Waals surface area contributed by atoms with E-state index in [1.807, 2.05) is 9.80 Å². The van der Waals surface area contributed by atoms with Gasteiger partial charge in [0.15, 0.2) is 5.79 Å². The topological polar surface area (TPSA) is 74.4 Å². The molecular formula is C30H54N4O4. The van der Waals surface area contributed by atoms with Gasteiger partial charge in [0.25, 0.3) is 0 Å². The van der Waals surface area contributed by atoms with E-state index in [1.165, 1.54) is 32.4 Å². The van der Waals surface area contributed by atoms with E-state index in [2.05, 4.69) is 44.8 Å². The van der Waals surface area contributed by atoms with E-state index in [9.17, 15) is 9.59 Å². The lowest BCUT2D eigenvalue weighted by molar-refractivity contribution is -0.298. The Bertz CT molecular complexity index is 764. The molecule has 218 valence electrons. The quantitative estimate of drug-likeness (QED) is 0.489. The standard InChI is InChI=1S/C30H54N4O4/c1-6-24-7-12-32(13-8-24)19-25-20-37-30(38-21-25)9-14-33(15-10-30)29(36)27(18-23(4)5)34-16-11-31-26(28(34)35)17-22(2)3/h22-27,31H,6-21H2,1-5H3/t26-,27-/m0/s1. The Hall–Kier alpha value is -1.22. The van der Waals surface area contributed by atoms with Crippen molar-refractivity contribution in [3.05, 3.63) is 0 Å². The molecule has 8 nitrogen and oxygen atoms in total. The molecule has 0 aromatic heterocycles. The van der Waals surface area contributed by atoms with Crippen molar-refractivity contribution in [3.8, 4) is 0 Å². The summed E-state index contributed by atoms with van der Waals surface area (Å²) in [6.07, 6.45) is 6.83. The molecular weight excluding hydrogens is 480 g/mol. The fraction of sp³-hybridized carbons (Fsp3) is 0.933. The molecule has 0 saturated carbocycles. The van der Waals surface area contributed by atoms with Gasteiger partial charge in [0, 0.05) is 51.5 Å². The maximum Gasteiger partial charge on any atom is 0.245 e. The Labute approximate surface area is 231 Å². The number of hydrogen-bond acceptors (Lipinski definition) is 6. The fourth-order valence-corrected chi connectivity index (χ4v) is 6.77. The van der Waals surface area contributed by atoms with Crippen LogP contribution in [-0.4, -0.2) is 103 Å². The van der Waals surface area contributed by atoms with E-state index in [0.29, 0.717) is 56.7 Å². The number of nitrogens with one attached hydrogen (secondary N) is 1. The average molecular weight is 535 g/mol. The second-order valence-corrected chi connectivity index (χ2v) is 13.2. The van der Waals surface area contributed by atoms with Crippen molar-refractivity contribution in [2.45, 2.75) is 97.4 Å². The highest BCUT2D eigenvalue weighted by Gasteiger charge is 2.44.